The van der Waals surface area contributed by atoms with Gasteiger partial charge in [-0.2, -0.15) is 0 Å². The van der Waals surface area contributed by atoms with E-state index < -0.39 is 16.1 Å². The van der Waals surface area contributed by atoms with Crippen molar-refractivity contribution in [2.45, 2.75) is 6.42 Å². The molecule has 0 aromatic heterocycles. The molecule has 0 fully saturated rings. The Hall–Kier alpha value is -1.80. The summed E-state index contributed by atoms with van der Waals surface area (Å²) in [5.41, 5.74) is 1.78. The lowest BCUT2D eigenvalue weighted by Gasteiger charge is -2.19. The van der Waals surface area contributed by atoms with Crippen LogP contribution in [0.4, 0.5) is 10.5 Å². The first-order valence-corrected chi connectivity index (χ1v) is 8.74. The van der Waals surface area contributed by atoms with Crippen molar-refractivity contribution in [3.05, 3.63) is 29.8 Å². The minimum absolute atomic E-state index is 0.0693. The summed E-state index contributed by atoms with van der Waals surface area (Å²) < 4.78 is 31.0. The zero-order valence-electron chi connectivity index (χ0n) is 12.5. The molecule has 1 aromatic carbocycles. The third-order valence-electron chi connectivity index (χ3n) is 3.42. The quantitative estimate of drug-likeness (QED) is 0.706. The van der Waals surface area contributed by atoms with E-state index in [1.807, 2.05) is 24.3 Å². The lowest BCUT2D eigenvalue weighted by atomic mass is 10.2. The van der Waals surface area contributed by atoms with Crippen molar-refractivity contribution >= 4 is 21.7 Å². The molecular formula is C14H21N3O4S. The highest BCUT2D eigenvalue weighted by atomic mass is 32.2. The summed E-state index contributed by atoms with van der Waals surface area (Å²) in [6.07, 6.45) is 0.723. The number of sulfonamides is 1. The number of methoxy groups -OCH3 is 1. The number of fused-ring (bicyclic) bond motifs is 1. The summed E-state index contributed by atoms with van der Waals surface area (Å²) in [5.74, 6) is -0.126. The molecular weight excluding hydrogens is 306 g/mol. The number of ether oxygens (including phenoxy) is 1. The number of para-hydroxylation sites is 1. The Morgan fingerprint density at radius 1 is 1.27 bits per heavy atom. The molecule has 122 valence electrons. The van der Waals surface area contributed by atoms with Crippen molar-refractivity contribution in [3.63, 3.8) is 0 Å². The maximum atomic E-state index is 12.4. The Balaban J connectivity index is 1.84. The molecule has 0 spiro atoms. The Kier molecular flexibility index (Phi) is 5.62. The Morgan fingerprint density at radius 2 is 2.00 bits per heavy atom. The first-order chi connectivity index (χ1) is 10.5. The van der Waals surface area contributed by atoms with Crippen LogP contribution in [0.2, 0.25) is 0 Å². The van der Waals surface area contributed by atoms with Gasteiger partial charge in [0.25, 0.3) is 0 Å². The van der Waals surface area contributed by atoms with Crippen molar-refractivity contribution < 1.29 is 17.9 Å². The standard InChI is InChI=1S/C14H21N3O4S/c1-21-10-7-15-14(18)16-8-11-22(19,20)17-9-6-12-4-2-3-5-13(12)17/h2-5H,6-11H2,1H3,(H2,15,16,18). The lowest BCUT2D eigenvalue weighted by Crippen LogP contribution is -2.41. The molecule has 0 unspecified atom stereocenters. The highest BCUT2D eigenvalue weighted by Gasteiger charge is 2.28. The summed E-state index contributed by atoms with van der Waals surface area (Å²) in [6.45, 7) is 1.33. The van der Waals surface area contributed by atoms with Gasteiger partial charge < -0.3 is 15.4 Å². The van der Waals surface area contributed by atoms with Crippen LogP contribution in [0, 0.1) is 0 Å². The molecule has 1 aliphatic rings. The summed E-state index contributed by atoms with van der Waals surface area (Å²) >= 11 is 0. The number of nitrogens with one attached hydrogen (secondary N) is 2. The van der Waals surface area contributed by atoms with Gasteiger partial charge in [0.1, 0.15) is 0 Å². The topological polar surface area (TPSA) is 87.7 Å². The first-order valence-electron chi connectivity index (χ1n) is 7.13. The van der Waals surface area contributed by atoms with Crippen LogP contribution in [0.25, 0.3) is 0 Å². The molecule has 1 aliphatic heterocycles. The molecule has 2 N–H and O–H groups in total. The van der Waals surface area contributed by atoms with Gasteiger partial charge in [0.2, 0.25) is 10.0 Å². The third kappa shape index (κ3) is 4.11. The second-order valence-electron chi connectivity index (χ2n) is 4.94. The second kappa shape index (κ2) is 7.46. The highest BCUT2D eigenvalue weighted by molar-refractivity contribution is 7.92. The van der Waals surface area contributed by atoms with E-state index >= 15 is 0 Å². The summed E-state index contributed by atoms with van der Waals surface area (Å²) in [7, 11) is -1.89. The predicted molar refractivity (Wildman–Crippen MR) is 84.6 cm³/mol. The molecule has 0 saturated heterocycles. The number of nitrogens with zero attached hydrogens (tertiary/aromatic N) is 1. The van der Waals surface area contributed by atoms with Crippen LogP contribution in [-0.2, 0) is 21.2 Å². The van der Waals surface area contributed by atoms with Crippen molar-refractivity contribution in [1.82, 2.24) is 10.6 Å². The van der Waals surface area contributed by atoms with Crippen LogP contribution in [0.5, 0.6) is 0 Å². The van der Waals surface area contributed by atoms with Crippen LogP contribution in [0.15, 0.2) is 24.3 Å². The first kappa shape index (κ1) is 16.6. The maximum absolute atomic E-state index is 12.4. The molecule has 0 bridgehead atoms. The number of anilines is 1. The third-order valence-corrected chi connectivity index (χ3v) is 5.19. The Labute approximate surface area is 130 Å². The summed E-state index contributed by atoms with van der Waals surface area (Å²) in [5, 5.41) is 5.11. The molecule has 2 amide bonds. The van der Waals surface area contributed by atoms with Crippen molar-refractivity contribution in [2.75, 3.05) is 43.4 Å². The number of urea groups is 1. The summed E-state index contributed by atoms with van der Waals surface area (Å²) in [4.78, 5) is 11.4. The minimum atomic E-state index is -3.43. The van der Waals surface area contributed by atoms with E-state index in [1.54, 1.807) is 7.11 Å². The number of hydrogen-bond donors (Lipinski definition) is 2. The average Bonchev–Trinajstić information content (AvgIpc) is 2.92. The normalized spacial score (nSPS) is 13.8. The van der Waals surface area contributed by atoms with Gasteiger partial charge in [-0.1, -0.05) is 18.2 Å². The zero-order valence-corrected chi connectivity index (χ0v) is 13.4. The largest absolute Gasteiger partial charge is 0.383 e. The van der Waals surface area contributed by atoms with Gasteiger partial charge in [0, 0.05) is 26.7 Å². The van der Waals surface area contributed by atoms with Gasteiger partial charge in [-0.15, -0.1) is 0 Å². The number of rotatable bonds is 7. The minimum Gasteiger partial charge on any atom is -0.383 e. The Morgan fingerprint density at radius 3 is 2.77 bits per heavy atom. The second-order valence-corrected chi connectivity index (χ2v) is 6.96. The fourth-order valence-corrected chi connectivity index (χ4v) is 3.76. The lowest BCUT2D eigenvalue weighted by molar-refractivity contribution is 0.196. The van der Waals surface area contributed by atoms with Crippen LogP contribution >= 0.6 is 0 Å². The fourth-order valence-electron chi connectivity index (χ4n) is 2.33. The number of carbonyl (C=O) groups is 1. The molecule has 22 heavy (non-hydrogen) atoms. The maximum Gasteiger partial charge on any atom is 0.314 e. The van der Waals surface area contributed by atoms with Crippen LogP contribution in [0.3, 0.4) is 0 Å². The Bertz CT molecular complexity index is 618. The van der Waals surface area contributed by atoms with Gasteiger partial charge >= 0.3 is 6.03 Å². The number of amides is 2. The van der Waals surface area contributed by atoms with Crippen molar-refractivity contribution in [3.8, 4) is 0 Å². The molecule has 1 heterocycles. The fraction of sp³-hybridized carbons (Fsp3) is 0.500. The van der Waals surface area contributed by atoms with E-state index in [0.29, 0.717) is 19.7 Å². The van der Waals surface area contributed by atoms with Gasteiger partial charge in [0.05, 0.1) is 18.0 Å². The average molecular weight is 327 g/mol. The number of benzene rings is 1. The van der Waals surface area contributed by atoms with Gasteiger partial charge in [-0.25, -0.2) is 13.2 Å². The smallest absolute Gasteiger partial charge is 0.314 e. The van der Waals surface area contributed by atoms with Crippen LogP contribution in [0.1, 0.15) is 5.56 Å². The van der Waals surface area contributed by atoms with E-state index in [9.17, 15) is 13.2 Å². The molecule has 7 nitrogen and oxygen atoms in total. The van der Waals surface area contributed by atoms with E-state index in [0.717, 1.165) is 17.7 Å². The van der Waals surface area contributed by atoms with Gasteiger partial charge in [0.15, 0.2) is 0 Å². The molecule has 8 heteroatoms. The van der Waals surface area contributed by atoms with Gasteiger partial charge in [-0.3, -0.25) is 4.31 Å². The van der Waals surface area contributed by atoms with E-state index in [4.69, 9.17) is 4.74 Å². The zero-order chi connectivity index (χ0) is 16.0. The van der Waals surface area contributed by atoms with Crippen LogP contribution < -0.4 is 14.9 Å². The monoisotopic (exact) mass is 327 g/mol. The molecule has 1 aromatic rings. The van der Waals surface area contributed by atoms with Gasteiger partial charge in [-0.05, 0) is 18.1 Å². The predicted octanol–water partition coefficient (Wildman–Crippen LogP) is 0.325. The van der Waals surface area contributed by atoms with Crippen LogP contribution in [-0.4, -0.2) is 53.6 Å². The molecule has 0 radical (unpaired) electrons. The molecule has 2 rings (SSSR count). The number of carbonyl (C=O) groups excluding carboxylic acids is 1. The molecule has 0 aliphatic carbocycles. The summed E-state index contributed by atoms with van der Waals surface area (Å²) in [6, 6.07) is 7.08. The SMILES string of the molecule is COCCNC(=O)NCCS(=O)(=O)N1CCc2ccccc21. The molecule has 0 atom stereocenters. The van der Waals surface area contributed by atoms with Crippen molar-refractivity contribution in [1.29, 1.82) is 0 Å². The molecule has 0 saturated carbocycles. The number of hydrogen-bond acceptors (Lipinski definition) is 4. The van der Waals surface area contributed by atoms with E-state index in [2.05, 4.69) is 10.6 Å². The van der Waals surface area contributed by atoms with E-state index in [1.165, 1.54) is 4.31 Å². The highest BCUT2D eigenvalue weighted by Crippen LogP contribution is 2.29. The van der Waals surface area contributed by atoms with Crippen molar-refractivity contribution in [2.24, 2.45) is 0 Å². The van der Waals surface area contributed by atoms with E-state index in [-0.39, 0.29) is 12.3 Å².